The number of pyridine rings is 1. The number of rotatable bonds is 9. The van der Waals surface area contributed by atoms with Crippen LogP contribution in [0.15, 0.2) is 30.3 Å². The molecule has 1 aliphatic rings. The van der Waals surface area contributed by atoms with Crippen molar-refractivity contribution in [1.82, 2.24) is 10.3 Å². The smallest absolute Gasteiger partial charge is 0.204 e. The van der Waals surface area contributed by atoms with Crippen molar-refractivity contribution in [1.29, 1.82) is 0 Å². The second kappa shape index (κ2) is 10.0. The molecule has 0 saturated carbocycles. The van der Waals surface area contributed by atoms with Gasteiger partial charge in [-0.15, -0.1) is 0 Å². The normalized spacial score (nSPS) is 15.1. The molecule has 3 N–H and O–H groups in total. The maximum atomic E-state index is 6.55. The van der Waals surface area contributed by atoms with E-state index in [0.717, 1.165) is 53.7 Å². The Balaban J connectivity index is 1.43. The lowest BCUT2D eigenvalue weighted by atomic mass is 9.85. The zero-order chi connectivity index (χ0) is 23.4. The van der Waals surface area contributed by atoms with Crippen LogP contribution < -0.4 is 34.7 Å². The van der Waals surface area contributed by atoms with Crippen LogP contribution in [0.1, 0.15) is 17.7 Å². The van der Waals surface area contributed by atoms with Gasteiger partial charge in [0, 0.05) is 29.4 Å². The van der Waals surface area contributed by atoms with Crippen LogP contribution >= 0.6 is 0 Å². The largest absolute Gasteiger partial charge is 0.493 e. The van der Waals surface area contributed by atoms with E-state index in [-0.39, 0.29) is 0 Å². The van der Waals surface area contributed by atoms with Gasteiger partial charge in [0.1, 0.15) is 6.73 Å². The van der Waals surface area contributed by atoms with Gasteiger partial charge in [-0.2, -0.15) is 0 Å². The van der Waals surface area contributed by atoms with E-state index in [9.17, 15) is 0 Å². The summed E-state index contributed by atoms with van der Waals surface area (Å²) in [6.07, 6.45) is 2.78. The molecule has 33 heavy (non-hydrogen) atoms. The number of aromatic nitrogens is 1. The maximum absolute atomic E-state index is 6.55. The Morgan fingerprint density at radius 1 is 0.970 bits per heavy atom. The van der Waals surface area contributed by atoms with Gasteiger partial charge in [-0.1, -0.05) is 6.07 Å². The summed E-state index contributed by atoms with van der Waals surface area (Å²) in [6, 6.07) is 9.36. The van der Waals surface area contributed by atoms with Crippen molar-refractivity contribution in [2.24, 2.45) is 5.92 Å². The molecule has 3 aromatic rings. The molecule has 0 aliphatic heterocycles. The third-order valence-electron chi connectivity index (χ3n) is 6.14. The summed E-state index contributed by atoms with van der Waals surface area (Å²) in [5.41, 5.74) is 10.3. The number of para-hydroxylation sites is 1. The van der Waals surface area contributed by atoms with Crippen molar-refractivity contribution >= 4 is 16.6 Å². The summed E-state index contributed by atoms with van der Waals surface area (Å²) in [6.45, 7) is 1.16. The highest BCUT2D eigenvalue weighted by Crippen LogP contribution is 2.39. The molecule has 176 valence electrons. The molecule has 0 spiro atoms. The molecule has 0 fully saturated rings. The quantitative estimate of drug-likeness (QED) is 0.375. The van der Waals surface area contributed by atoms with Gasteiger partial charge in [0.05, 0.1) is 34.0 Å². The summed E-state index contributed by atoms with van der Waals surface area (Å²) < 4.78 is 27.5. The third-order valence-corrected chi connectivity index (χ3v) is 6.14. The predicted octanol–water partition coefficient (Wildman–Crippen LogP) is 3.58. The van der Waals surface area contributed by atoms with Gasteiger partial charge < -0.3 is 29.4 Å². The molecular formula is C25H31N3O5. The Morgan fingerprint density at radius 2 is 1.64 bits per heavy atom. The van der Waals surface area contributed by atoms with Crippen LogP contribution in [0, 0.1) is 5.92 Å². The van der Waals surface area contributed by atoms with Crippen molar-refractivity contribution in [3.8, 4) is 28.7 Å². The SMILES string of the molecule is COc1cc2nc3c(c(N)c2cc1OC)CCC(CNCOc1c(OC)cccc1OC)C3. The molecule has 0 radical (unpaired) electrons. The number of hydrogen-bond acceptors (Lipinski definition) is 8. The number of nitrogens with two attached hydrogens (primary N) is 1. The van der Waals surface area contributed by atoms with E-state index in [4.69, 9.17) is 34.4 Å². The highest BCUT2D eigenvalue weighted by Gasteiger charge is 2.24. The summed E-state index contributed by atoms with van der Waals surface area (Å²) in [5.74, 6) is 3.61. The predicted molar refractivity (Wildman–Crippen MR) is 128 cm³/mol. The topological polar surface area (TPSA) is 97.1 Å². The van der Waals surface area contributed by atoms with E-state index < -0.39 is 0 Å². The zero-order valence-corrected chi connectivity index (χ0v) is 19.6. The van der Waals surface area contributed by atoms with Crippen molar-refractivity contribution in [3.63, 3.8) is 0 Å². The van der Waals surface area contributed by atoms with Crippen LogP contribution in [0.3, 0.4) is 0 Å². The molecule has 8 nitrogen and oxygen atoms in total. The van der Waals surface area contributed by atoms with Crippen LogP contribution in [-0.2, 0) is 12.8 Å². The third kappa shape index (κ3) is 4.57. The average molecular weight is 454 g/mol. The van der Waals surface area contributed by atoms with Gasteiger partial charge in [0.2, 0.25) is 5.75 Å². The molecule has 0 saturated heterocycles. The lowest BCUT2D eigenvalue weighted by Crippen LogP contribution is -2.30. The standard InChI is InChI=1S/C25H31N3O5/c1-29-20-6-5-7-21(30-2)25(20)33-14-27-13-15-8-9-16-18(10-15)28-19-12-23(32-4)22(31-3)11-17(19)24(16)26/h5-7,11-12,15,27H,8-10,13-14H2,1-4H3,(H2,26,28). The van der Waals surface area contributed by atoms with Gasteiger partial charge >= 0.3 is 0 Å². The molecular weight excluding hydrogens is 422 g/mol. The molecule has 1 atom stereocenters. The molecule has 1 unspecified atom stereocenters. The number of nitrogens with one attached hydrogen (secondary N) is 1. The first-order chi connectivity index (χ1) is 16.1. The number of nitrogen functional groups attached to an aromatic ring is 1. The van der Waals surface area contributed by atoms with E-state index in [1.165, 1.54) is 0 Å². The van der Waals surface area contributed by atoms with Crippen LogP contribution in [0.5, 0.6) is 28.7 Å². The lowest BCUT2D eigenvalue weighted by Gasteiger charge is -2.26. The molecule has 1 heterocycles. The molecule has 8 heteroatoms. The number of nitrogens with zero attached hydrogens (tertiary/aromatic N) is 1. The summed E-state index contributed by atoms with van der Waals surface area (Å²) in [7, 11) is 6.47. The highest BCUT2D eigenvalue weighted by molar-refractivity contribution is 5.94. The second-order valence-corrected chi connectivity index (χ2v) is 8.02. The molecule has 0 bridgehead atoms. The van der Waals surface area contributed by atoms with Gasteiger partial charge in [0.25, 0.3) is 0 Å². The minimum atomic E-state index is 0.352. The second-order valence-electron chi connectivity index (χ2n) is 8.02. The van der Waals surface area contributed by atoms with Crippen LogP contribution in [0.4, 0.5) is 5.69 Å². The zero-order valence-electron chi connectivity index (χ0n) is 19.6. The van der Waals surface area contributed by atoms with Gasteiger partial charge in [0.15, 0.2) is 23.0 Å². The van der Waals surface area contributed by atoms with Crippen molar-refractivity contribution in [2.75, 3.05) is 47.4 Å². The number of hydrogen-bond donors (Lipinski definition) is 2. The summed E-state index contributed by atoms with van der Waals surface area (Å²) in [5, 5.41) is 4.30. The summed E-state index contributed by atoms with van der Waals surface area (Å²) in [4.78, 5) is 4.92. The monoisotopic (exact) mass is 453 g/mol. The van der Waals surface area contributed by atoms with Crippen LogP contribution in [-0.4, -0.2) is 46.7 Å². The van der Waals surface area contributed by atoms with E-state index in [0.29, 0.717) is 41.4 Å². The number of ether oxygens (including phenoxy) is 5. The summed E-state index contributed by atoms with van der Waals surface area (Å²) >= 11 is 0. The molecule has 4 rings (SSSR count). The number of benzene rings is 2. The fraction of sp³-hybridized carbons (Fsp3) is 0.400. The minimum absolute atomic E-state index is 0.352. The van der Waals surface area contributed by atoms with Gasteiger partial charge in [-0.25, -0.2) is 0 Å². The fourth-order valence-corrected chi connectivity index (χ4v) is 4.40. The molecule has 0 amide bonds. The van der Waals surface area contributed by atoms with Crippen LogP contribution in [0.25, 0.3) is 10.9 Å². The van der Waals surface area contributed by atoms with E-state index >= 15 is 0 Å². The Labute approximate surface area is 193 Å². The number of methoxy groups -OCH3 is 4. The van der Waals surface area contributed by atoms with E-state index in [2.05, 4.69) is 5.32 Å². The number of fused-ring (bicyclic) bond motifs is 2. The van der Waals surface area contributed by atoms with E-state index in [1.807, 2.05) is 30.3 Å². The molecule has 1 aromatic heterocycles. The molecule has 2 aromatic carbocycles. The first kappa shape index (κ1) is 22.8. The Morgan fingerprint density at radius 3 is 2.30 bits per heavy atom. The lowest BCUT2D eigenvalue weighted by molar-refractivity contribution is 0.242. The van der Waals surface area contributed by atoms with Gasteiger partial charge in [-0.3, -0.25) is 10.3 Å². The van der Waals surface area contributed by atoms with Gasteiger partial charge in [-0.05, 0) is 48.9 Å². The Bertz CT molecular complexity index is 1110. The fourth-order valence-electron chi connectivity index (χ4n) is 4.40. The maximum Gasteiger partial charge on any atom is 0.204 e. The first-order valence-corrected chi connectivity index (χ1v) is 11.0. The minimum Gasteiger partial charge on any atom is -0.493 e. The van der Waals surface area contributed by atoms with Crippen molar-refractivity contribution in [2.45, 2.75) is 19.3 Å². The highest BCUT2D eigenvalue weighted by atomic mass is 16.5. The van der Waals surface area contributed by atoms with E-state index in [1.54, 1.807) is 28.4 Å². The van der Waals surface area contributed by atoms with Crippen LogP contribution in [0.2, 0.25) is 0 Å². The average Bonchev–Trinajstić information content (AvgIpc) is 2.85. The Kier molecular flexibility index (Phi) is 6.93. The first-order valence-electron chi connectivity index (χ1n) is 11.0. The number of anilines is 1. The van der Waals surface area contributed by atoms with Crippen molar-refractivity contribution < 1.29 is 23.7 Å². The molecule has 1 aliphatic carbocycles. The van der Waals surface area contributed by atoms with Crippen molar-refractivity contribution in [3.05, 3.63) is 41.6 Å². The Hall–Kier alpha value is -3.39.